The molecule has 26 heavy (non-hydrogen) atoms. The summed E-state index contributed by atoms with van der Waals surface area (Å²) in [6.07, 6.45) is 6.83. The number of piperidine rings is 2. The van der Waals surface area contributed by atoms with Gasteiger partial charge in [0, 0.05) is 53.5 Å². The van der Waals surface area contributed by atoms with Gasteiger partial charge in [-0.05, 0) is 66.2 Å². The van der Waals surface area contributed by atoms with Crippen LogP contribution in [0.3, 0.4) is 0 Å². The molecule has 2 fully saturated rings. The Morgan fingerprint density at radius 2 is 1.81 bits per heavy atom. The van der Waals surface area contributed by atoms with E-state index >= 15 is 0 Å². The number of hydrogen-bond donors (Lipinski definition) is 2. The molecule has 0 atom stereocenters. The molecule has 2 aliphatic rings. The van der Waals surface area contributed by atoms with Gasteiger partial charge < -0.3 is 15.5 Å². The molecule has 2 N–H and O–H groups in total. The van der Waals surface area contributed by atoms with E-state index in [0.717, 1.165) is 48.5 Å². The molecular weight excluding hydrogens is 342 g/mol. The molecule has 0 aliphatic carbocycles. The highest BCUT2D eigenvalue weighted by atomic mass is 32.1. The minimum absolute atomic E-state index is 0.150. The van der Waals surface area contributed by atoms with Gasteiger partial charge in [0.05, 0.1) is 0 Å². The van der Waals surface area contributed by atoms with Crippen molar-refractivity contribution in [3.8, 4) is 0 Å². The summed E-state index contributed by atoms with van der Waals surface area (Å²) in [6, 6.07) is 0.471. The molecule has 0 aromatic carbocycles. The zero-order chi connectivity index (χ0) is 18.9. The van der Waals surface area contributed by atoms with Crippen molar-refractivity contribution in [2.75, 3.05) is 18.0 Å². The predicted octanol–water partition coefficient (Wildman–Crippen LogP) is 4.03. The summed E-state index contributed by atoms with van der Waals surface area (Å²) in [4.78, 5) is 7.14. The third-order valence-electron chi connectivity index (χ3n) is 5.45. The molecule has 6 heteroatoms. The van der Waals surface area contributed by atoms with Gasteiger partial charge in [0.15, 0.2) is 5.82 Å². The molecule has 0 radical (unpaired) electrons. The van der Waals surface area contributed by atoms with Crippen molar-refractivity contribution in [1.82, 2.24) is 20.0 Å². The SMILES string of the molecule is CC(=Cc1nsc(N2CCC(C)CC2)n1)NC1CC(C)(C)NC(C)(C)C1. The van der Waals surface area contributed by atoms with E-state index in [1.165, 1.54) is 24.4 Å². The maximum absolute atomic E-state index is 4.75. The zero-order valence-corrected chi connectivity index (χ0v) is 18.0. The Kier molecular flexibility index (Phi) is 5.63. The molecule has 0 unspecified atom stereocenters. The predicted molar refractivity (Wildman–Crippen MR) is 112 cm³/mol. The highest BCUT2D eigenvalue weighted by Crippen LogP contribution is 2.29. The van der Waals surface area contributed by atoms with Crippen LogP contribution in [0.5, 0.6) is 0 Å². The molecule has 2 aliphatic heterocycles. The standard InChI is InChI=1S/C20H35N5S/c1-14-7-9-25(10-8-14)18-22-17(23-26-18)11-15(2)21-16-12-19(3,4)24-20(5,6)13-16/h11,14,16,21,24H,7-10,12-13H2,1-6H3. The number of anilines is 1. The fourth-order valence-electron chi connectivity index (χ4n) is 4.59. The van der Waals surface area contributed by atoms with E-state index in [0.29, 0.717) is 6.04 Å². The van der Waals surface area contributed by atoms with Crippen molar-refractivity contribution in [2.45, 2.75) is 84.3 Å². The number of aromatic nitrogens is 2. The second-order valence-corrected chi connectivity index (χ2v) is 10.3. The summed E-state index contributed by atoms with van der Waals surface area (Å²) in [5, 5.41) is 8.51. The molecule has 5 nitrogen and oxygen atoms in total. The molecule has 0 spiro atoms. The highest BCUT2D eigenvalue weighted by molar-refractivity contribution is 7.09. The topological polar surface area (TPSA) is 53.1 Å². The molecule has 0 bridgehead atoms. The van der Waals surface area contributed by atoms with Gasteiger partial charge in [-0.3, -0.25) is 0 Å². The second-order valence-electron chi connectivity index (χ2n) is 9.57. The van der Waals surface area contributed by atoms with Crippen LogP contribution in [0.2, 0.25) is 0 Å². The minimum Gasteiger partial charge on any atom is -0.386 e. The summed E-state index contributed by atoms with van der Waals surface area (Å²) >= 11 is 1.53. The van der Waals surface area contributed by atoms with Gasteiger partial charge in [0.25, 0.3) is 0 Å². The van der Waals surface area contributed by atoms with Gasteiger partial charge in [-0.15, -0.1) is 0 Å². The van der Waals surface area contributed by atoms with Gasteiger partial charge in [-0.2, -0.15) is 9.36 Å². The smallest absolute Gasteiger partial charge is 0.205 e. The Labute approximate surface area is 162 Å². The van der Waals surface area contributed by atoms with Crippen LogP contribution in [0.25, 0.3) is 6.08 Å². The lowest BCUT2D eigenvalue weighted by Crippen LogP contribution is -2.61. The number of nitrogens with zero attached hydrogens (tertiary/aromatic N) is 3. The van der Waals surface area contributed by atoms with Crippen LogP contribution < -0.4 is 15.5 Å². The van der Waals surface area contributed by atoms with Crippen molar-refractivity contribution in [1.29, 1.82) is 0 Å². The molecule has 0 saturated carbocycles. The van der Waals surface area contributed by atoms with Crippen molar-refractivity contribution < 1.29 is 0 Å². The molecule has 2 saturated heterocycles. The summed E-state index contributed by atoms with van der Waals surface area (Å²) in [5.74, 6) is 1.67. The fraction of sp³-hybridized carbons (Fsp3) is 0.800. The lowest BCUT2D eigenvalue weighted by molar-refractivity contribution is 0.151. The minimum atomic E-state index is 0.150. The first-order valence-electron chi connectivity index (χ1n) is 9.95. The summed E-state index contributed by atoms with van der Waals surface area (Å²) < 4.78 is 4.56. The Balaban J connectivity index is 1.61. The lowest BCUT2D eigenvalue weighted by Gasteiger charge is -2.47. The highest BCUT2D eigenvalue weighted by Gasteiger charge is 2.37. The molecule has 1 aromatic rings. The van der Waals surface area contributed by atoms with Gasteiger partial charge in [0.2, 0.25) is 5.13 Å². The molecule has 1 aromatic heterocycles. The average Bonchev–Trinajstić information content (AvgIpc) is 2.92. The first-order valence-corrected chi connectivity index (χ1v) is 10.7. The van der Waals surface area contributed by atoms with E-state index < -0.39 is 0 Å². The van der Waals surface area contributed by atoms with Crippen molar-refractivity contribution in [2.24, 2.45) is 5.92 Å². The summed E-state index contributed by atoms with van der Waals surface area (Å²) in [6.45, 7) is 15.8. The Morgan fingerprint density at radius 3 is 2.42 bits per heavy atom. The van der Waals surface area contributed by atoms with Crippen LogP contribution in [-0.4, -0.2) is 39.6 Å². The average molecular weight is 378 g/mol. The van der Waals surface area contributed by atoms with E-state index in [1.54, 1.807) is 0 Å². The van der Waals surface area contributed by atoms with Gasteiger partial charge >= 0.3 is 0 Å². The number of hydrogen-bond acceptors (Lipinski definition) is 6. The first-order chi connectivity index (χ1) is 12.1. The van der Waals surface area contributed by atoms with Crippen molar-refractivity contribution in [3.63, 3.8) is 0 Å². The van der Waals surface area contributed by atoms with Gasteiger partial charge in [-0.25, -0.2) is 0 Å². The largest absolute Gasteiger partial charge is 0.386 e. The Morgan fingerprint density at radius 1 is 1.19 bits per heavy atom. The normalized spacial score (nSPS) is 24.7. The van der Waals surface area contributed by atoms with Crippen LogP contribution in [-0.2, 0) is 0 Å². The molecular formula is C20H35N5S. The molecule has 3 heterocycles. The van der Waals surface area contributed by atoms with Crippen LogP contribution in [0.4, 0.5) is 5.13 Å². The molecule has 146 valence electrons. The van der Waals surface area contributed by atoms with Gasteiger partial charge in [0.1, 0.15) is 0 Å². The first kappa shape index (κ1) is 19.6. The maximum atomic E-state index is 4.75. The quantitative estimate of drug-likeness (QED) is 0.829. The Bertz CT molecular complexity index is 624. The van der Waals surface area contributed by atoms with E-state index in [9.17, 15) is 0 Å². The molecule has 0 amide bonds. The zero-order valence-electron chi connectivity index (χ0n) is 17.2. The van der Waals surface area contributed by atoms with Crippen LogP contribution in [0.1, 0.15) is 73.1 Å². The Hall–Kier alpha value is -1.14. The number of allylic oxidation sites excluding steroid dienone is 1. The lowest BCUT2D eigenvalue weighted by atomic mass is 9.79. The fourth-order valence-corrected chi connectivity index (χ4v) is 5.30. The van der Waals surface area contributed by atoms with E-state index in [4.69, 9.17) is 4.98 Å². The third kappa shape index (κ3) is 5.19. The maximum Gasteiger partial charge on any atom is 0.205 e. The second kappa shape index (κ2) is 7.47. The molecule has 3 rings (SSSR count). The number of nitrogens with one attached hydrogen (secondary N) is 2. The van der Waals surface area contributed by atoms with Crippen molar-refractivity contribution in [3.05, 3.63) is 11.5 Å². The van der Waals surface area contributed by atoms with Crippen LogP contribution >= 0.6 is 11.5 Å². The van der Waals surface area contributed by atoms with E-state index in [1.807, 2.05) is 0 Å². The number of rotatable bonds is 4. The van der Waals surface area contributed by atoms with E-state index in [-0.39, 0.29) is 11.1 Å². The summed E-state index contributed by atoms with van der Waals surface area (Å²) in [5.41, 5.74) is 1.45. The summed E-state index contributed by atoms with van der Waals surface area (Å²) in [7, 11) is 0. The van der Waals surface area contributed by atoms with Crippen LogP contribution in [0.15, 0.2) is 5.70 Å². The van der Waals surface area contributed by atoms with Gasteiger partial charge in [-0.1, -0.05) is 6.92 Å². The van der Waals surface area contributed by atoms with E-state index in [2.05, 4.69) is 67.5 Å². The monoisotopic (exact) mass is 377 g/mol. The third-order valence-corrected chi connectivity index (χ3v) is 6.24. The van der Waals surface area contributed by atoms with Crippen molar-refractivity contribution >= 4 is 22.7 Å². The van der Waals surface area contributed by atoms with Crippen LogP contribution in [0, 0.1) is 5.92 Å².